The van der Waals surface area contributed by atoms with Crippen molar-refractivity contribution < 1.29 is 9.59 Å². The van der Waals surface area contributed by atoms with E-state index in [0.29, 0.717) is 23.8 Å². The van der Waals surface area contributed by atoms with Gasteiger partial charge in [0.2, 0.25) is 11.8 Å². The lowest BCUT2D eigenvalue weighted by atomic mass is 9.85. The van der Waals surface area contributed by atoms with Crippen molar-refractivity contribution in [3.05, 3.63) is 41.0 Å². The molecule has 25 heavy (non-hydrogen) atoms. The van der Waals surface area contributed by atoms with Crippen LogP contribution in [0.1, 0.15) is 24.8 Å². The number of hydrogen-bond donors (Lipinski definition) is 2. The van der Waals surface area contributed by atoms with Crippen LogP contribution in [0.15, 0.2) is 30.5 Å². The van der Waals surface area contributed by atoms with Crippen LogP contribution >= 0.6 is 11.6 Å². The molecular formula is C17H20ClN5O2. The normalized spacial score (nSPS) is 14.0. The molecule has 0 spiro atoms. The van der Waals surface area contributed by atoms with Gasteiger partial charge in [-0.25, -0.2) is 4.68 Å². The van der Waals surface area contributed by atoms with E-state index in [4.69, 9.17) is 11.6 Å². The lowest BCUT2D eigenvalue weighted by Gasteiger charge is -2.23. The third-order valence-electron chi connectivity index (χ3n) is 4.20. The van der Waals surface area contributed by atoms with Crippen LogP contribution in [-0.4, -0.2) is 33.4 Å². The number of anilines is 1. The maximum atomic E-state index is 12.0. The van der Waals surface area contributed by atoms with Crippen molar-refractivity contribution in [2.24, 2.45) is 5.92 Å². The third kappa shape index (κ3) is 5.03. The largest absolute Gasteiger partial charge is 0.354 e. The Balaban J connectivity index is 1.41. The minimum atomic E-state index is -0.163. The van der Waals surface area contributed by atoms with Crippen molar-refractivity contribution in [3.8, 4) is 0 Å². The molecule has 132 valence electrons. The molecule has 0 atom stereocenters. The molecule has 3 rings (SSSR count). The quantitative estimate of drug-likeness (QED) is 0.789. The fourth-order valence-electron chi connectivity index (χ4n) is 2.57. The Morgan fingerprint density at radius 1 is 1.32 bits per heavy atom. The molecule has 1 fully saturated rings. The Morgan fingerprint density at radius 2 is 2.16 bits per heavy atom. The number of benzene rings is 1. The minimum Gasteiger partial charge on any atom is -0.354 e. The van der Waals surface area contributed by atoms with E-state index in [9.17, 15) is 9.59 Å². The van der Waals surface area contributed by atoms with E-state index < -0.39 is 0 Å². The number of halogens is 1. The minimum absolute atomic E-state index is 0.0238. The lowest BCUT2D eigenvalue weighted by Crippen LogP contribution is -2.29. The summed E-state index contributed by atoms with van der Waals surface area (Å²) in [5, 5.41) is 14.0. The van der Waals surface area contributed by atoms with Crippen LogP contribution in [0.5, 0.6) is 0 Å². The molecule has 2 N–H and O–H groups in total. The van der Waals surface area contributed by atoms with Gasteiger partial charge in [0.15, 0.2) is 5.82 Å². The van der Waals surface area contributed by atoms with Crippen molar-refractivity contribution in [2.45, 2.75) is 32.2 Å². The second-order valence-corrected chi connectivity index (χ2v) is 6.58. The van der Waals surface area contributed by atoms with Crippen LogP contribution in [0.2, 0.25) is 5.02 Å². The summed E-state index contributed by atoms with van der Waals surface area (Å²) in [6.07, 6.45) is 5.21. The van der Waals surface area contributed by atoms with Gasteiger partial charge in [0.1, 0.15) is 6.54 Å². The summed E-state index contributed by atoms with van der Waals surface area (Å²) in [5.74, 6) is 0.275. The molecule has 1 saturated carbocycles. The van der Waals surface area contributed by atoms with Crippen molar-refractivity contribution in [3.63, 3.8) is 0 Å². The Labute approximate surface area is 150 Å². The number of nitrogens with zero attached hydrogens (tertiary/aromatic N) is 3. The van der Waals surface area contributed by atoms with Gasteiger partial charge in [-0.15, -0.1) is 5.10 Å². The van der Waals surface area contributed by atoms with Gasteiger partial charge in [0.25, 0.3) is 0 Å². The first-order valence-corrected chi connectivity index (χ1v) is 8.70. The molecular weight excluding hydrogens is 342 g/mol. The zero-order valence-electron chi connectivity index (χ0n) is 13.7. The SMILES string of the molecule is O=C(Cn1cc(NC(=O)C2CCC2)nn1)NCCc1cccc(Cl)c1. The number of hydrogen-bond acceptors (Lipinski definition) is 4. The average molecular weight is 362 g/mol. The molecule has 8 heteroatoms. The molecule has 2 aromatic rings. The highest BCUT2D eigenvalue weighted by Gasteiger charge is 2.25. The standard InChI is InChI=1S/C17H20ClN5O2/c18-14-6-1-3-12(9-14)7-8-19-16(24)11-23-10-15(21-22-23)20-17(25)13-4-2-5-13/h1,3,6,9-10,13H,2,4-5,7-8,11H2,(H,19,24)(H,20,25). The molecule has 1 aromatic carbocycles. The van der Waals surface area contributed by atoms with Gasteiger partial charge in [0, 0.05) is 17.5 Å². The second kappa shape index (κ2) is 8.11. The fourth-order valence-corrected chi connectivity index (χ4v) is 2.79. The average Bonchev–Trinajstić information content (AvgIpc) is 2.92. The highest BCUT2D eigenvalue weighted by atomic mass is 35.5. The fraction of sp³-hybridized carbons (Fsp3) is 0.412. The molecule has 0 saturated heterocycles. The van der Waals surface area contributed by atoms with E-state index in [1.165, 1.54) is 4.68 Å². The van der Waals surface area contributed by atoms with Gasteiger partial charge < -0.3 is 10.6 Å². The van der Waals surface area contributed by atoms with Crippen LogP contribution in [0.3, 0.4) is 0 Å². The Morgan fingerprint density at radius 3 is 2.88 bits per heavy atom. The summed E-state index contributed by atoms with van der Waals surface area (Å²) >= 11 is 5.93. The maximum absolute atomic E-state index is 12.0. The first-order chi connectivity index (χ1) is 12.1. The van der Waals surface area contributed by atoms with E-state index in [2.05, 4.69) is 20.9 Å². The van der Waals surface area contributed by atoms with Crippen molar-refractivity contribution in [2.75, 3.05) is 11.9 Å². The van der Waals surface area contributed by atoms with Gasteiger partial charge in [-0.3, -0.25) is 9.59 Å². The number of carbonyl (C=O) groups excluding carboxylic acids is 2. The smallest absolute Gasteiger partial charge is 0.241 e. The lowest BCUT2D eigenvalue weighted by molar-refractivity contribution is -0.122. The molecule has 1 heterocycles. The highest BCUT2D eigenvalue weighted by molar-refractivity contribution is 6.30. The number of carbonyl (C=O) groups is 2. The first-order valence-electron chi connectivity index (χ1n) is 8.32. The van der Waals surface area contributed by atoms with Crippen LogP contribution in [0.25, 0.3) is 0 Å². The Kier molecular flexibility index (Phi) is 5.65. The Hall–Kier alpha value is -2.41. The highest BCUT2D eigenvalue weighted by Crippen LogP contribution is 2.27. The van der Waals surface area contributed by atoms with Crippen LogP contribution in [-0.2, 0) is 22.6 Å². The van der Waals surface area contributed by atoms with E-state index >= 15 is 0 Å². The van der Waals surface area contributed by atoms with Crippen LogP contribution < -0.4 is 10.6 Å². The molecule has 1 aliphatic carbocycles. The van der Waals surface area contributed by atoms with E-state index in [1.54, 1.807) is 6.20 Å². The van der Waals surface area contributed by atoms with Gasteiger partial charge in [-0.05, 0) is 37.0 Å². The zero-order valence-corrected chi connectivity index (χ0v) is 14.5. The molecule has 7 nitrogen and oxygen atoms in total. The summed E-state index contributed by atoms with van der Waals surface area (Å²) < 4.78 is 1.41. The molecule has 1 aliphatic rings. The monoisotopic (exact) mass is 361 g/mol. The molecule has 0 unspecified atom stereocenters. The summed E-state index contributed by atoms with van der Waals surface area (Å²) in [6, 6.07) is 7.54. The maximum Gasteiger partial charge on any atom is 0.241 e. The van der Waals surface area contributed by atoms with E-state index in [-0.39, 0.29) is 24.3 Å². The van der Waals surface area contributed by atoms with Crippen molar-refractivity contribution in [1.29, 1.82) is 0 Å². The first kappa shape index (κ1) is 17.4. The molecule has 1 aromatic heterocycles. The summed E-state index contributed by atoms with van der Waals surface area (Å²) in [7, 11) is 0. The topological polar surface area (TPSA) is 88.9 Å². The van der Waals surface area contributed by atoms with Gasteiger partial charge >= 0.3 is 0 Å². The van der Waals surface area contributed by atoms with E-state index in [1.807, 2.05) is 24.3 Å². The second-order valence-electron chi connectivity index (χ2n) is 6.15. The van der Waals surface area contributed by atoms with Gasteiger partial charge in [-0.2, -0.15) is 0 Å². The van der Waals surface area contributed by atoms with Crippen molar-refractivity contribution in [1.82, 2.24) is 20.3 Å². The van der Waals surface area contributed by atoms with Gasteiger partial charge in [0.05, 0.1) is 6.20 Å². The molecule has 2 amide bonds. The van der Waals surface area contributed by atoms with Crippen molar-refractivity contribution >= 4 is 29.2 Å². The summed E-state index contributed by atoms with van der Waals surface area (Å²) in [4.78, 5) is 23.8. The van der Waals surface area contributed by atoms with Crippen LogP contribution in [0, 0.1) is 5.92 Å². The number of rotatable bonds is 7. The summed E-state index contributed by atoms with van der Waals surface area (Å²) in [6.45, 7) is 0.570. The third-order valence-corrected chi connectivity index (χ3v) is 4.43. The van der Waals surface area contributed by atoms with Crippen LogP contribution in [0.4, 0.5) is 5.82 Å². The molecule has 0 radical (unpaired) electrons. The number of amides is 2. The molecule has 0 bridgehead atoms. The summed E-state index contributed by atoms with van der Waals surface area (Å²) in [5.41, 5.74) is 1.06. The van der Waals surface area contributed by atoms with E-state index in [0.717, 1.165) is 24.8 Å². The Bertz CT molecular complexity index is 757. The predicted octanol–water partition coefficient (Wildman–Crippen LogP) is 2.03. The zero-order chi connectivity index (χ0) is 17.6. The van der Waals surface area contributed by atoms with Gasteiger partial charge in [-0.1, -0.05) is 35.4 Å². The molecule has 0 aliphatic heterocycles. The predicted molar refractivity (Wildman–Crippen MR) is 94.2 cm³/mol. The number of nitrogens with one attached hydrogen (secondary N) is 2. The number of aromatic nitrogens is 3.